The maximum atomic E-state index is 14.3. The van der Waals surface area contributed by atoms with Crippen molar-refractivity contribution in [2.75, 3.05) is 17.1 Å². The van der Waals surface area contributed by atoms with Crippen molar-refractivity contribution in [2.24, 2.45) is 5.41 Å². The second kappa shape index (κ2) is 10.4. The monoisotopic (exact) mass is 562 g/mol. The summed E-state index contributed by atoms with van der Waals surface area (Å²) in [7, 11) is -2.85. The molecule has 1 unspecified atom stereocenters. The smallest absolute Gasteiger partial charge is 0.406 e. The molecule has 4 rings (SSSR count). The number of methoxy groups -OCH3 is 1. The van der Waals surface area contributed by atoms with Crippen molar-refractivity contribution in [2.45, 2.75) is 17.5 Å². The zero-order valence-electron chi connectivity index (χ0n) is 20.3. The molecule has 3 aromatic rings. The zero-order valence-corrected chi connectivity index (χ0v) is 21.1. The van der Waals surface area contributed by atoms with Crippen molar-refractivity contribution in [1.29, 1.82) is 0 Å². The highest BCUT2D eigenvalue weighted by Crippen LogP contribution is 2.47. The van der Waals surface area contributed by atoms with E-state index in [1.165, 1.54) is 19.3 Å². The third-order valence-electron chi connectivity index (χ3n) is 6.14. The minimum Gasteiger partial charge on any atom is -0.506 e. The Kier molecular flexibility index (Phi) is 7.42. The number of para-hydroxylation sites is 1. The van der Waals surface area contributed by atoms with Gasteiger partial charge in [-0.25, -0.2) is 12.8 Å². The van der Waals surface area contributed by atoms with E-state index in [-0.39, 0.29) is 10.6 Å². The average molecular weight is 563 g/mol. The summed E-state index contributed by atoms with van der Waals surface area (Å²) in [4.78, 5) is 12.7. The zero-order chi connectivity index (χ0) is 28.4. The second-order valence-corrected chi connectivity index (χ2v) is 10.3. The third-order valence-corrected chi connectivity index (χ3v) is 7.52. The Morgan fingerprint density at radius 1 is 1.05 bits per heavy atom. The van der Waals surface area contributed by atoms with Gasteiger partial charge in [0.15, 0.2) is 5.41 Å². The summed E-state index contributed by atoms with van der Waals surface area (Å²) in [5.41, 5.74) is -2.52. The molecule has 204 valence electrons. The Morgan fingerprint density at radius 2 is 1.74 bits per heavy atom. The molecule has 1 amide bonds. The Labute approximate surface area is 221 Å². The largest absolute Gasteiger partial charge is 0.506 e. The maximum absolute atomic E-state index is 14.3. The molecule has 1 aliphatic rings. The number of benzene rings is 3. The van der Waals surface area contributed by atoms with Gasteiger partial charge < -0.3 is 15.2 Å². The lowest BCUT2D eigenvalue weighted by molar-refractivity contribution is -0.203. The van der Waals surface area contributed by atoms with E-state index in [0.29, 0.717) is 16.9 Å². The van der Waals surface area contributed by atoms with Crippen LogP contribution in [0.4, 0.5) is 28.9 Å². The summed E-state index contributed by atoms with van der Waals surface area (Å²) < 4.78 is 88.6. The highest BCUT2D eigenvalue weighted by Gasteiger charge is 2.58. The van der Waals surface area contributed by atoms with Crippen molar-refractivity contribution < 1.29 is 40.6 Å². The number of nitrogens with one attached hydrogen (secondary N) is 2. The minimum atomic E-state index is -4.97. The first kappa shape index (κ1) is 27.7. The van der Waals surface area contributed by atoms with Gasteiger partial charge in [0.1, 0.15) is 17.3 Å². The van der Waals surface area contributed by atoms with E-state index >= 15 is 0 Å². The molecule has 3 N–H and O–H groups in total. The van der Waals surface area contributed by atoms with E-state index in [1.807, 2.05) is 0 Å². The lowest BCUT2D eigenvalue weighted by Gasteiger charge is -2.33. The van der Waals surface area contributed by atoms with Crippen LogP contribution in [-0.2, 0) is 14.8 Å². The molecule has 12 heteroatoms. The van der Waals surface area contributed by atoms with Crippen LogP contribution in [0, 0.1) is 11.2 Å². The van der Waals surface area contributed by atoms with Crippen LogP contribution >= 0.6 is 0 Å². The number of anilines is 2. The van der Waals surface area contributed by atoms with Crippen molar-refractivity contribution in [1.82, 2.24) is 0 Å². The molecule has 0 radical (unpaired) electrons. The number of carbonyl (C=O) groups is 1. The number of allylic oxidation sites excluding steroid dienone is 3. The standard InChI is InChI=1S/C27H22F4N2O5S/c1-38-24-5-3-2-4-21(24)17-12-14-26(15-13-17,27(29,30)31)25(35)32-19-8-11-23(34)22(16-19)33-39(36,37)20-9-6-18(28)7-10-20/h2-14,16,33-34H,15H2,1H3,(H,32,35). The fourth-order valence-corrected chi connectivity index (χ4v) is 5.05. The highest BCUT2D eigenvalue weighted by atomic mass is 32.2. The Balaban J connectivity index is 1.59. The summed E-state index contributed by atoms with van der Waals surface area (Å²) >= 11 is 0. The number of ether oxygens (including phenoxy) is 1. The van der Waals surface area contributed by atoms with Crippen LogP contribution in [0.5, 0.6) is 11.5 Å². The molecular weight excluding hydrogens is 540 g/mol. The van der Waals surface area contributed by atoms with Gasteiger partial charge in [0.05, 0.1) is 17.7 Å². The van der Waals surface area contributed by atoms with E-state index in [0.717, 1.165) is 48.5 Å². The number of hydrogen-bond acceptors (Lipinski definition) is 5. The quantitative estimate of drug-likeness (QED) is 0.190. The number of phenolic OH excluding ortho intramolecular Hbond substituents is 1. The number of amides is 1. The van der Waals surface area contributed by atoms with E-state index in [2.05, 4.69) is 10.0 Å². The van der Waals surface area contributed by atoms with Crippen molar-refractivity contribution in [3.63, 3.8) is 0 Å². The molecule has 0 aliphatic heterocycles. The van der Waals surface area contributed by atoms with Crippen molar-refractivity contribution in [3.05, 3.63) is 96.3 Å². The molecule has 0 fully saturated rings. The van der Waals surface area contributed by atoms with E-state index < -0.39 is 51.2 Å². The number of rotatable bonds is 7. The number of carbonyl (C=O) groups excluding carboxylic acids is 1. The van der Waals surface area contributed by atoms with Gasteiger partial charge in [-0.3, -0.25) is 9.52 Å². The van der Waals surface area contributed by atoms with E-state index in [1.54, 1.807) is 24.3 Å². The van der Waals surface area contributed by atoms with Crippen LogP contribution in [-0.4, -0.2) is 32.7 Å². The van der Waals surface area contributed by atoms with Gasteiger partial charge in [0.25, 0.3) is 10.0 Å². The lowest BCUT2D eigenvalue weighted by atomic mass is 9.77. The van der Waals surface area contributed by atoms with Crippen LogP contribution < -0.4 is 14.8 Å². The molecule has 0 spiro atoms. The average Bonchev–Trinajstić information content (AvgIpc) is 2.90. The van der Waals surface area contributed by atoms with Gasteiger partial charge in [0.2, 0.25) is 5.91 Å². The number of aromatic hydroxyl groups is 1. The second-order valence-electron chi connectivity index (χ2n) is 8.61. The van der Waals surface area contributed by atoms with Gasteiger partial charge in [0, 0.05) is 11.3 Å². The maximum Gasteiger partial charge on any atom is 0.406 e. The number of sulfonamides is 1. The van der Waals surface area contributed by atoms with Crippen molar-refractivity contribution in [3.8, 4) is 11.5 Å². The SMILES string of the molecule is COc1ccccc1C1=CCC(C(=O)Nc2ccc(O)c(NS(=O)(=O)c3ccc(F)cc3)c2)(C(F)(F)F)C=C1. The lowest BCUT2D eigenvalue weighted by Crippen LogP contribution is -2.47. The van der Waals surface area contributed by atoms with Gasteiger partial charge in [-0.05, 0) is 60.5 Å². The summed E-state index contributed by atoms with van der Waals surface area (Å²) in [6.45, 7) is 0. The summed E-state index contributed by atoms with van der Waals surface area (Å²) in [5.74, 6) is -2.16. The first-order valence-corrected chi connectivity index (χ1v) is 12.9. The van der Waals surface area contributed by atoms with E-state index in [4.69, 9.17) is 4.74 Å². The minimum absolute atomic E-state index is 0.203. The fourth-order valence-electron chi connectivity index (χ4n) is 3.98. The van der Waals surface area contributed by atoms with Gasteiger partial charge in [-0.15, -0.1) is 0 Å². The topological polar surface area (TPSA) is 105 Å². The van der Waals surface area contributed by atoms with E-state index in [9.17, 15) is 35.9 Å². The molecule has 39 heavy (non-hydrogen) atoms. The Hall–Kier alpha value is -4.32. The highest BCUT2D eigenvalue weighted by molar-refractivity contribution is 7.92. The third kappa shape index (κ3) is 5.60. The summed E-state index contributed by atoms with van der Waals surface area (Å²) in [6, 6.07) is 13.7. The van der Waals surface area contributed by atoms with Crippen molar-refractivity contribution >= 4 is 32.9 Å². The molecule has 3 aromatic carbocycles. The summed E-state index contributed by atoms with van der Waals surface area (Å²) in [5, 5.41) is 12.3. The molecule has 1 aliphatic carbocycles. The molecule has 0 saturated carbocycles. The van der Waals surface area contributed by atoms with Crippen LogP contribution in [0.15, 0.2) is 89.9 Å². The van der Waals surface area contributed by atoms with Crippen LogP contribution in [0.2, 0.25) is 0 Å². The number of hydrogen-bond donors (Lipinski definition) is 3. The predicted octanol–water partition coefficient (Wildman–Crippen LogP) is 5.87. The van der Waals surface area contributed by atoms with Gasteiger partial charge in [-0.2, -0.15) is 13.2 Å². The number of alkyl halides is 3. The molecular formula is C27H22F4N2O5S. The van der Waals surface area contributed by atoms with Gasteiger partial charge in [-0.1, -0.05) is 36.4 Å². The summed E-state index contributed by atoms with van der Waals surface area (Å²) in [6.07, 6.45) is -2.39. The van der Waals surface area contributed by atoms with Gasteiger partial charge >= 0.3 is 6.18 Å². The molecule has 0 saturated heterocycles. The molecule has 0 heterocycles. The first-order chi connectivity index (χ1) is 18.4. The first-order valence-electron chi connectivity index (χ1n) is 11.4. The normalized spacial score (nSPS) is 17.3. The molecule has 0 bridgehead atoms. The van der Waals surface area contributed by atoms with Crippen LogP contribution in [0.3, 0.4) is 0 Å². The predicted molar refractivity (Wildman–Crippen MR) is 137 cm³/mol. The Morgan fingerprint density at radius 3 is 2.36 bits per heavy atom. The molecule has 7 nitrogen and oxygen atoms in total. The Bertz CT molecular complexity index is 1570. The number of halogens is 4. The fraction of sp³-hybridized carbons (Fsp3) is 0.148. The van der Waals surface area contributed by atoms with Crippen LogP contribution in [0.1, 0.15) is 12.0 Å². The van der Waals surface area contributed by atoms with Crippen LogP contribution in [0.25, 0.3) is 5.57 Å². The molecule has 0 aromatic heterocycles. The molecule has 1 atom stereocenters. The number of phenols is 1.